The zero-order valence-electron chi connectivity index (χ0n) is 13.3. The molecule has 0 fully saturated rings. The Labute approximate surface area is 146 Å². The number of hydrogen-bond donors (Lipinski definition) is 1. The van der Waals surface area contributed by atoms with Crippen molar-refractivity contribution < 1.29 is 9.53 Å². The minimum Gasteiger partial charge on any atom is -0.496 e. The number of nitrogens with one attached hydrogen (secondary N) is 1. The molecule has 0 spiro atoms. The largest absolute Gasteiger partial charge is 0.496 e. The zero-order valence-corrected chi connectivity index (χ0v) is 14.8. The second-order valence-corrected chi connectivity index (χ2v) is 6.29. The van der Waals surface area contributed by atoms with Crippen LogP contribution in [0.25, 0.3) is 0 Å². The highest BCUT2D eigenvalue weighted by atomic mass is 35.5. The van der Waals surface area contributed by atoms with E-state index in [-0.39, 0.29) is 18.4 Å². The minimum atomic E-state index is -0.163. The van der Waals surface area contributed by atoms with Crippen molar-refractivity contribution in [1.29, 1.82) is 0 Å². The third kappa shape index (κ3) is 4.63. The van der Waals surface area contributed by atoms with Crippen molar-refractivity contribution in [1.82, 2.24) is 5.32 Å². The molecule has 0 radical (unpaired) electrons. The molecule has 0 saturated carbocycles. The first-order valence-electron chi connectivity index (χ1n) is 7.28. The molecule has 1 atom stereocenters. The minimum absolute atomic E-state index is 0.106. The second kappa shape index (κ2) is 7.71. The van der Waals surface area contributed by atoms with Crippen LogP contribution in [0.2, 0.25) is 10.0 Å². The van der Waals surface area contributed by atoms with Gasteiger partial charge in [0.15, 0.2) is 0 Å². The highest BCUT2D eigenvalue weighted by molar-refractivity contribution is 6.35. The lowest BCUT2D eigenvalue weighted by Crippen LogP contribution is -2.28. The molecule has 2 aromatic rings. The maximum atomic E-state index is 12.3. The van der Waals surface area contributed by atoms with Gasteiger partial charge in [-0.25, -0.2) is 0 Å². The van der Waals surface area contributed by atoms with Crippen molar-refractivity contribution in [3.63, 3.8) is 0 Å². The number of hydrogen-bond acceptors (Lipinski definition) is 2. The van der Waals surface area contributed by atoms with Crippen molar-refractivity contribution in [3.05, 3.63) is 63.1 Å². The van der Waals surface area contributed by atoms with Crippen molar-refractivity contribution in [2.45, 2.75) is 26.3 Å². The van der Waals surface area contributed by atoms with E-state index in [4.69, 9.17) is 27.9 Å². The zero-order chi connectivity index (χ0) is 17.0. The Balaban J connectivity index is 2.09. The number of methoxy groups -OCH3 is 1. The Kier molecular flexibility index (Phi) is 5.91. The van der Waals surface area contributed by atoms with E-state index in [1.54, 1.807) is 25.3 Å². The van der Waals surface area contributed by atoms with Gasteiger partial charge >= 0.3 is 0 Å². The van der Waals surface area contributed by atoms with Crippen molar-refractivity contribution in [2.24, 2.45) is 0 Å². The SMILES string of the molecule is COc1ccc(C)cc1[C@H](C)NC(=O)Cc1ccc(Cl)cc1Cl. The number of rotatable bonds is 5. The molecule has 122 valence electrons. The molecule has 0 aromatic heterocycles. The van der Waals surface area contributed by atoms with E-state index in [9.17, 15) is 4.79 Å². The van der Waals surface area contributed by atoms with Gasteiger partial charge in [0.1, 0.15) is 5.75 Å². The maximum Gasteiger partial charge on any atom is 0.224 e. The van der Waals surface area contributed by atoms with Crippen molar-refractivity contribution in [2.75, 3.05) is 7.11 Å². The van der Waals surface area contributed by atoms with Crippen LogP contribution >= 0.6 is 23.2 Å². The summed E-state index contributed by atoms with van der Waals surface area (Å²) >= 11 is 12.0. The van der Waals surface area contributed by atoms with E-state index in [2.05, 4.69) is 5.32 Å². The highest BCUT2D eigenvalue weighted by Crippen LogP contribution is 2.26. The second-order valence-electron chi connectivity index (χ2n) is 5.45. The number of carbonyl (C=O) groups is 1. The van der Waals surface area contributed by atoms with Crippen LogP contribution in [0.1, 0.15) is 29.7 Å². The smallest absolute Gasteiger partial charge is 0.224 e. The molecule has 0 saturated heterocycles. The standard InChI is InChI=1S/C18H19Cl2NO2/c1-11-4-7-17(23-3)15(8-11)12(2)21-18(22)9-13-5-6-14(19)10-16(13)20/h4-8,10,12H,9H2,1-3H3,(H,21,22)/t12-/m0/s1. The fourth-order valence-corrected chi connectivity index (χ4v) is 2.88. The molecule has 1 amide bonds. The topological polar surface area (TPSA) is 38.3 Å². The number of ether oxygens (including phenoxy) is 1. The van der Waals surface area contributed by atoms with Crippen LogP contribution in [0.4, 0.5) is 0 Å². The quantitative estimate of drug-likeness (QED) is 0.845. The van der Waals surface area contributed by atoms with Gasteiger partial charge in [0, 0.05) is 15.6 Å². The molecular formula is C18H19Cl2NO2. The van der Waals surface area contributed by atoms with Gasteiger partial charge < -0.3 is 10.1 Å². The van der Waals surface area contributed by atoms with Gasteiger partial charge in [-0.2, -0.15) is 0 Å². The lowest BCUT2D eigenvalue weighted by molar-refractivity contribution is -0.121. The van der Waals surface area contributed by atoms with Crippen LogP contribution in [-0.4, -0.2) is 13.0 Å². The summed E-state index contributed by atoms with van der Waals surface area (Å²) in [6, 6.07) is 10.9. The van der Waals surface area contributed by atoms with Crippen molar-refractivity contribution in [3.8, 4) is 5.75 Å². The van der Waals surface area contributed by atoms with Gasteiger partial charge in [0.25, 0.3) is 0 Å². The third-order valence-electron chi connectivity index (χ3n) is 3.60. The monoisotopic (exact) mass is 351 g/mol. The molecule has 0 bridgehead atoms. The summed E-state index contributed by atoms with van der Waals surface area (Å²) in [7, 11) is 1.62. The number of benzene rings is 2. The van der Waals surface area contributed by atoms with E-state index in [0.29, 0.717) is 10.0 Å². The average Bonchev–Trinajstić information content (AvgIpc) is 2.50. The Morgan fingerprint density at radius 1 is 1.22 bits per heavy atom. The van der Waals surface area contributed by atoms with Gasteiger partial charge in [0.2, 0.25) is 5.91 Å². The summed E-state index contributed by atoms with van der Waals surface area (Å²) in [5, 5.41) is 4.02. The fraction of sp³-hybridized carbons (Fsp3) is 0.278. The lowest BCUT2D eigenvalue weighted by Gasteiger charge is -2.18. The van der Waals surface area contributed by atoms with Crippen LogP contribution in [-0.2, 0) is 11.2 Å². The molecule has 0 heterocycles. The van der Waals surface area contributed by atoms with E-state index in [1.165, 1.54) is 0 Å². The summed E-state index contributed by atoms with van der Waals surface area (Å²) in [6.07, 6.45) is 0.203. The normalized spacial score (nSPS) is 11.9. The first-order chi connectivity index (χ1) is 10.9. The molecule has 2 rings (SSSR count). The Morgan fingerprint density at radius 3 is 2.61 bits per heavy atom. The third-order valence-corrected chi connectivity index (χ3v) is 4.18. The lowest BCUT2D eigenvalue weighted by atomic mass is 10.0. The van der Waals surface area contributed by atoms with E-state index < -0.39 is 0 Å². The van der Waals surface area contributed by atoms with Gasteiger partial charge in [-0.15, -0.1) is 0 Å². The van der Waals surface area contributed by atoms with Crippen LogP contribution in [0.3, 0.4) is 0 Å². The molecule has 1 N–H and O–H groups in total. The number of carbonyl (C=O) groups excluding carboxylic acids is 1. The summed E-state index contributed by atoms with van der Waals surface area (Å²) in [6.45, 7) is 3.93. The molecule has 0 aliphatic heterocycles. The Hall–Kier alpha value is -1.71. The molecule has 0 aliphatic carbocycles. The van der Waals surface area contributed by atoms with Gasteiger partial charge in [-0.05, 0) is 37.6 Å². The fourth-order valence-electron chi connectivity index (χ4n) is 2.40. The molecule has 0 aliphatic rings. The van der Waals surface area contributed by atoms with E-state index in [1.807, 2.05) is 32.0 Å². The summed E-state index contributed by atoms with van der Waals surface area (Å²) < 4.78 is 5.37. The molecule has 0 unspecified atom stereocenters. The predicted octanol–water partition coefficient (Wildman–Crippen LogP) is 4.73. The van der Waals surface area contributed by atoms with Crippen LogP contribution in [0, 0.1) is 6.92 Å². The summed E-state index contributed by atoms with van der Waals surface area (Å²) in [4.78, 5) is 12.3. The Bertz CT molecular complexity index is 716. The van der Waals surface area contributed by atoms with Crippen molar-refractivity contribution >= 4 is 29.1 Å². The van der Waals surface area contributed by atoms with Crippen LogP contribution in [0.5, 0.6) is 5.75 Å². The molecular weight excluding hydrogens is 333 g/mol. The first-order valence-corrected chi connectivity index (χ1v) is 8.04. The summed E-state index contributed by atoms with van der Waals surface area (Å²) in [5.74, 6) is 0.651. The first kappa shape index (κ1) is 17.6. The van der Waals surface area contributed by atoms with Crippen LogP contribution in [0.15, 0.2) is 36.4 Å². The van der Waals surface area contributed by atoms with Gasteiger partial charge in [0.05, 0.1) is 19.6 Å². The van der Waals surface area contributed by atoms with E-state index >= 15 is 0 Å². The molecule has 23 heavy (non-hydrogen) atoms. The Morgan fingerprint density at radius 2 is 1.96 bits per heavy atom. The number of aryl methyl sites for hydroxylation is 1. The highest BCUT2D eigenvalue weighted by Gasteiger charge is 2.15. The van der Waals surface area contributed by atoms with Crippen LogP contribution < -0.4 is 10.1 Å². The molecule has 5 heteroatoms. The maximum absolute atomic E-state index is 12.3. The predicted molar refractivity (Wildman–Crippen MR) is 94.5 cm³/mol. The molecule has 3 nitrogen and oxygen atoms in total. The molecule has 2 aromatic carbocycles. The van der Waals surface area contributed by atoms with Gasteiger partial charge in [-0.3, -0.25) is 4.79 Å². The van der Waals surface area contributed by atoms with E-state index in [0.717, 1.165) is 22.4 Å². The number of halogens is 2. The average molecular weight is 352 g/mol. The van der Waals surface area contributed by atoms with Gasteiger partial charge in [-0.1, -0.05) is 47.0 Å². The summed E-state index contributed by atoms with van der Waals surface area (Å²) in [5.41, 5.74) is 2.81. The number of amides is 1.